The molecule has 7 heteroatoms. The standard InChI is InChI=1S/C22H23F2N3O2/c1-15(2)27(12-17-5-9-19(24)10-6-17)13-21-26-20(14-29-21)22(28)25-11-16-3-7-18(23)8-4-16/h3-10,14-15H,11-13H2,1-2H3,(H,25,28). The first-order valence-corrected chi connectivity index (χ1v) is 9.36. The van der Waals surface area contributed by atoms with E-state index in [1.165, 1.54) is 30.5 Å². The highest BCUT2D eigenvalue weighted by Crippen LogP contribution is 2.14. The number of nitrogens with one attached hydrogen (secondary N) is 1. The quantitative estimate of drug-likeness (QED) is 0.614. The van der Waals surface area contributed by atoms with Gasteiger partial charge in [-0.1, -0.05) is 24.3 Å². The van der Waals surface area contributed by atoms with Gasteiger partial charge in [0.15, 0.2) is 5.69 Å². The third kappa shape index (κ3) is 5.96. The zero-order valence-electron chi connectivity index (χ0n) is 16.4. The van der Waals surface area contributed by atoms with Crippen LogP contribution in [0.2, 0.25) is 0 Å². The van der Waals surface area contributed by atoms with E-state index in [0.29, 0.717) is 19.0 Å². The van der Waals surface area contributed by atoms with E-state index in [2.05, 4.69) is 15.2 Å². The maximum atomic E-state index is 13.1. The van der Waals surface area contributed by atoms with Crippen molar-refractivity contribution in [3.8, 4) is 0 Å². The second-order valence-electron chi connectivity index (χ2n) is 7.06. The Kier molecular flexibility index (Phi) is 6.72. The molecule has 2 aromatic carbocycles. The number of carbonyl (C=O) groups excluding carboxylic acids is 1. The molecular weight excluding hydrogens is 376 g/mol. The summed E-state index contributed by atoms with van der Waals surface area (Å²) >= 11 is 0. The van der Waals surface area contributed by atoms with Crippen LogP contribution in [0.15, 0.2) is 59.2 Å². The van der Waals surface area contributed by atoms with Gasteiger partial charge in [0.2, 0.25) is 5.89 Å². The molecule has 0 aliphatic carbocycles. The van der Waals surface area contributed by atoms with Gasteiger partial charge < -0.3 is 9.73 Å². The highest BCUT2D eigenvalue weighted by molar-refractivity contribution is 5.91. The molecule has 3 rings (SSSR count). The maximum absolute atomic E-state index is 13.1. The van der Waals surface area contributed by atoms with Crippen LogP contribution in [0.25, 0.3) is 0 Å². The van der Waals surface area contributed by atoms with Gasteiger partial charge in [0.05, 0.1) is 6.54 Å². The highest BCUT2D eigenvalue weighted by Gasteiger charge is 2.17. The Morgan fingerprint density at radius 2 is 1.59 bits per heavy atom. The van der Waals surface area contributed by atoms with Crippen LogP contribution >= 0.6 is 0 Å². The van der Waals surface area contributed by atoms with Crippen molar-refractivity contribution in [1.29, 1.82) is 0 Å². The van der Waals surface area contributed by atoms with Gasteiger partial charge in [0.25, 0.3) is 5.91 Å². The second kappa shape index (κ2) is 9.43. The van der Waals surface area contributed by atoms with Crippen molar-refractivity contribution >= 4 is 5.91 Å². The molecule has 0 unspecified atom stereocenters. The molecule has 1 aromatic heterocycles. The number of halogens is 2. The summed E-state index contributed by atoms with van der Waals surface area (Å²) in [7, 11) is 0. The minimum Gasteiger partial charge on any atom is -0.447 e. The third-order valence-electron chi connectivity index (χ3n) is 4.52. The molecule has 3 aromatic rings. The van der Waals surface area contributed by atoms with E-state index >= 15 is 0 Å². The number of oxazole rings is 1. The fourth-order valence-corrected chi connectivity index (χ4v) is 2.78. The van der Waals surface area contributed by atoms with Crippen molar-refractivity contribution in [2.24, 2.45) is 0 Å². The molecule has 0 fully saturated rings. The van der Waals surface area contributed by atoms with Crippen molar-refractivity contribution in [1.82, 2.24) is 15.2 Å². The summed E-state index contributed by atoms with van der Waals surface area (Å²) < 4.78 is 31.5. The molecule has 0 radical (unpaired) electrons. The monoisotopic (exact) mass is 399 g/mol. The SMILES string of the molecule is CC(C)N(Cc1ccc(F)cc1)Cc1nc(C(=O)NCc2ccc(F)cc2)co1. The molecule has 0 bridgehead atoms. The molecule has 1 heterocycles. The Morgan fingerprint density at radius 3 is 2.17 bits per heavy atom. The fourth-order valence-electron chi connectivity index (χ4n) is 2.78. The number of rotatable bonds is 8. The molecular formula is C22H23F2N3O2. The zero-order valence-corrected chi connectivity index (χ0v) is 16.4. The average molecular weight is 399 g/mol. The van der Waals surface area contributed by atoms with Crippen LogP contribution in [0.3, 0.4) is 0 Å². The Hall–Kier alpha value is -3.06. The highest BCUT2D eigenvalue weighted by atomic mass is 19.1. The van der Waals surface area contributed by atoms with Crippen LogP contribution in [-0.2, 0) is 19.6 Å². The van der Waals surface area contributed by atoms with Crippen molar-refractivity contribution in [3.63, 3.8) is 0 Å². The normalized spacial score (nSPS) is 11.2. The second-order valence-corrected chi connectivity index (χ2v) is 7.06. The van der Waals surface area contributed by atoms with E-state index in [9.17, 15) is 13.6 Å². The summed E-state index contributed by atoms with van der Waals surface area (Å²) in [5, 5.41) is 2.74. The van der Waals surface area contributed by atoms with Crippen molar-refractivity contribution < 1.29 is 18.0 Å². The lowest BCUT2D eigenvalue weighted by Crippen LogP contribution is -2.30. The van der Waals surface area contributed by atoms with Crippen LogP contribution in [0.5, 0.6) is 0 Å². The summed E-state index contributed by atoms with van der Waals surface area (Å²) in [5.41, 5.74) is 1.95. The number of hydrogen-bond donors (Lipinski definition) is 1. The van der Waals surface area contributed by atoms with Gasteiger partial charge in [-0.2, -0.15) is 0 Å². The predicted octanol–water partition coefficient (Wildman–Crippen LogP) is 4.29. The van der Waals surface area contributed by atoms with E-state index in [1.807, 2.05) is 13.8 Å². The minimum absolute atomic E-state index is 0.188. The summed E-state index contributed by atoms with van der Waals surface area (Å²) in [6, 6.07) is 12.5. The first-order chi connectivity index (χ1) is 13.9. The van der Waals surface area contributed by atoms with Crippen LogP contribution in [0.4, 0.5) is 8.78 Å². The van der Waals surface area contributed by atoms with E-state index in [4.69, 9.17) is 4.42 Å². The van der Waals surface area contributed by atoms with Crippen molar-refractivity contribution in [2.75, 3.05) is 0 Å². The molecule has 1 N–H and O–H groups in total. The first kappa shape index (κ1) is 20.7. The van der Waals surface area contributed by atoms with E-state index in [-0.39, 0.29) is 35.8 Å². The summed E-state index contributed by atoms with van der Waals surface area (Å²) in [6.07, 6.45) is 1.33. The number of hydrogen-bond acceptors (Lipinski definition) is 4. The van der Waals surface area contributed by atoms with E-state index in [0.717, 1.165) is 11.1 Å². The first-order valence-electron chi connectivity index (χ1n) is 9.36. The van der Waals surface area contributed by atoms with Gasteiger partial charge in [0.1, 0.15) is 17.9 Å². The molecule has 29 heavy (non-hydrogen) atoms. The summed E-state index contributed by atoms with van der Waals surface area (Å²) in [4.78, 5) is 18.7. The smallest absolute Gasteiger partial charge is 0.273 e. The van der Waals surface area contributed by atoms with Crippen LogP contribution in [-0.4, -0.2) is 21.8 Å². The van der Waals surface area contributed by atoms with E-state index in [1.54, 1.807) is 24.3 Å². The molecule has 0 atom stereocenters. The minimum atomic E-state index is -0.362. The van der Waals surface area contributed by atoms with Crippen molar-refractivity contribution in [2.45, 2.75) is 39.5 Å². The fraction of sp³-hybridized carbons (Fsp3) is 0.273. The Labute approximate surface area is 168 Å². The lowest BCUT2D eigenvalue weighted by Gasteiger charge is -2.25. The van der Waals surface area contributed by atoms with Gasteiger partial charge >= 0.3 is 0 Å². The van der Waals surface area contributed by atoms with Gasteiger partial charge in [-0.15, -0.1) is 0 Å². The largest absolute Gasteiger partial charge is 0.447 e. The molecule has 0 saturated carbocycles. The van der Waals surface area contributed by atoms with Crippen LogP contribution in [0, 0.1) is 11.6 Å². The maximum Gasteiger partial charge on any atom is 0.273 e. The molecule has 0 spiro atoms. The van der Waals surface area contributed by atoms with Crippen molar-refractivity contribution in [3.05, 3.63) is 89.1 Å². The number of aromatic nitrogens is 1. The number of amides is 1. The molecule has 152 valence electrons. The number of carbonyl (C=O) groups is 1. The summed E-state index contributed by atoms with van der Waals surface area (Å²) in [5.74, 6) is -0.530. The lowest BCUT2D eigenvalue weighted by molar-refractivity contribution is 0.0945. The van der Waals surface area contributed by atoms with Gasteiger partial charge in [-0.25, -0.2) is 13.8 Å². The molecule has 0 saturated heterocycles. The van der Waals surface area contributed by atoms with Gasteiger partial charge in [-0.05, 0) is 49.2 Å². The zero-order chi connectivity index (χ0) is 20.8. The predicted molar refractivity (Wildman–Crippen MR) is 105 cm³/mol. The number of nitrogens with zero attached hydrogens (tertiary/aromatic N) is 2. The Bertz CT molecular complexity index is 937. The van der Waals surface area contributed by atoms with Crippen LogP contribution in [0.1, 0.15) is 41.4 Å². The molecule has 5 nitrogen and oxygen atoms in total. The topological polar surface area (TPSA) is 58.4 Å². The van der Waals surface area contributed by atoms with Crippen LogP contribution < -0.4 is 5.32 Å². The molecule has 1 amide bonds. The Balaban J connectivity index is 1.59. The van der Waals surface area contributed by atoms with Gasteiger partial charge in [-0.3, -0.25) is 9.69 Å². The average Bonchev–Trinajstić information content (AvgIpc) is 3.17. The Morgan fingerprint density at radius 1 is 1.00 bits per heavy atom. The third-order valence-corrected chi connectivity index (χ3v) is 4.52. The number of benzene rings is 2. The summed E-state index contributed by atoms with van der Waals surface area (Å²) in [6.45, 7) is 5.38. The van der Waals surface area contributed by atoms with Gasteiger partial charge in [0, 0.05) is 19.1 Å². The molecule has 0 aliphatic rings. The molecule has 0 aliphatic heterocycles. The lowest BCUT2D eigenvalue weighted by atomic mass is 10.2. The van der Waals surface area contributed by atoms with E-state index < -0.39 is 0 Å².